The second-order valence-electron chi connectivity index (χ2n) is 4.72. The minimum atomic E-state index is -3.87. The number of carbonyl (C=O) groups excluding carboxylic acids is 2. The number of hydrogen-bond donors (Lipinski definition) is 0. The van der Waals surface area contributed by atoms with E-state index in [1.54, 1.807) is 26.0 Å². The molecule has 0 N–H and O–H groups in total. The van der Waals surface area contributed by atoms with Crippen LogP contribution in [0.5, 0.6) is 0 Å². The highest BCUT2D eigenvalue weighted by molar-refractivity contribution is 7.90. The number of ether oxygens (including phenoxy) is 1. The Morgan fingerprint density at radius 2 is 2.00 bits per heavy atom. The number of hydrogen-bond acceptors (Lipinski definition) is 5. The van der Waals surface area contributed by atoms with E-state index in [-0.39, 0.29) is 31.4 Å². The van der Waals surface area contributed by atoms with Gasteiger partial charge in [-0.1, -0.05) is 12.2 Å². The average molecular weight is 289 g/mol. The van der Waals surface area contributed by atoms with Gasteiger partial charge in [0.1, 0.15) is 5.78 Å². The maximum Gasteiger partial charge on any atom is 0.326 e. The highest BCUT2D eigenvalue weighted by Gasteiger charge is 2.39. The molecule has 19 heavy (non-hydrogen) atoms. The molecule has 6 nitrogen and oxygen atoms in total. The Labute approximate surface area is 113 Å². The molecule has 0 radical (unpaired) electrons. The van der Waals surface area contributed by atoms with Gasteiger partial charge in [-0.3, -0.25) is 9.59 Å². The lowest BCUT2D eigenvalue weighted by molar-refractivity contribution is -0.146. The summed E-state index contributed by atoms with van der Waals surface area (Å²) in [6.45, 7) is 4.51. The van der Waals surface area contributed by atoms with Crippen LogP contribution in [-0.2, 0) is 24.3 Å². The maximum absolute atomic E-state index is 12.3. The third kappa shape index (κ3) is 4.14. The van der Waals surface area contributed by atoms with Gasteiger partial charge in [0, 0.05) is 6.54 Å². The predicted octanol–water partition coefficient (Wildman–Crippen LogP) is 0.487. The molecule has 1 heterocycles. The van der Waals surface area contributed by atoms with E-state index in [2.05, 4.69) is 0 Å². The lowest BCUT2D eigenvalue weighted by atomic mass is 10.3. The summed E-state index contributed by atoms with van der Waals surface area (Å²) in [6.07, 6.45) is 2.96. The van der Waals surface area contributed by atoms with Gasteiger partial charge in [-0.15, -0.1) is 0 Å². The molecule has 1 rings (SSSR count). The van der Waals surface area contributed by atoms with Crippen molar-refractivity contribution in [1.82, 2.24) is 4.31 Å². The van der Waals surface area contributed by atoms with Crippen molar-refractivity contribution in [3.05, 3.63) is 12.2 Å². The zero-order chi connectivity index (χ0) is 14.6. The minimum absolute atomic E-state index is 0.0717. The first-order valence-corrected chi connectivity index (χ1v) is 7.59. The van der Waals surface area contributed by atoms with Crippen molar-refractivity contribution in [2.75, 3.05) is 13.1 Å². The molecule has 0 aromatic rings. The first-order chi connectivity index (χ1) is 8.75. The number of carbonyl (C=O) groups is 2. The summed E-state index contributed by atoms with van der Waals surface area (Å²) in [5.74, 6) is -1.04. The zero-order valence-corrected chi connectivity index (χ0v) is 12.1. The summed E-state index contributed by atoms with van der Waals surface area (Å²) in [5, 5.41) is -1.27. The van der Waals surface area contributed by atoms with Gasteiger partial charge in [0.15, 0.2) is 5.25 Å². The monoisotopic (exact) mass is 289 g/mol. The van der Waals surface area contributed by atoms with Gasteiger partial charge in [-0.2, -0.15) is 4.31 Å². The number of ketones is 1. The van der Waals surface area contributed by atoms with Gasteiger partial charge in [0.25, 0.3) is 0 Å². The highest BCUT2D eigenvalue weighted by atomic mass is 32.2. The molecule has 0 aromatic heterocycles. The van der Waals surface area contributed by atoms with E-state index < -0.39 is 21.2 Å². The van der Waals surface area contributed by atoms with E-state index >= 15 is 0 Å². The highest BCUT2D eigenvalue weighted by Crippen LogP contribution is 2.19. The smallest absolute Gasteiger partial charge is 0.326 e. The molecular formula is C12H19NO5S. The molecule has 1 aliphatic rings. The van der Waals surface area contributed by atoms with E-state index in [1.807, 2.05) is 0 Å². The molecule has 0 saturated carbocycles. The van der Waals surface area contributed by atoms with Crippen molar-refractivity contribution in [2.45, 2.75) is 38.5 Å². The Morgan fingerprint density at radius 1 is 1.37 bits per heavy atom. The van der Waals surface area contributed by atoms with Crippen molar-refractivity contribution < 1.29 is 22.7 Å². The van der Waals surface area contributed by atoms with Crippen LogP contribution in [0.3, 0.4) is 0 Å². The third-order valence-electron chi connectivity index (χ3n) is 2.56. The van der Waals surface area contributed by atoms with Crippen molar-refractivity contribution in [3.63, 3.8) is 0 Å². The molecule has 7 heteroatoms. The van der Waals surface area contributed by atoms with E-state index in [1.165, 1.54) is 6.92 Å². The summed E-state index contributed by atoms with van der Waals surface area (Å²) in [6, 6.07) is 0. The Balaban J connectivity index is 3.00. The molecule has 0 amide bonds. The molecule has 0 saturated heterocycles. The standard InChI is InChI=1S/C12H19NO5S/c1-9(2)18-12(15)11-6-4-5-7-13(8-10(3)14)19(11,16)17/h4-5,9,11H,6-8H2,1-3H3. The van der Waals surface area contributed by atoms with Crippen LogP contribution in [0.25, 0.3) is 0 Å². The largest absolute Gasteiger partial charge is 0.462 e. The first-order valence-electron chi connectivity index (χ1n) is 6.09. The van der Waals surface area contributed by atoms with E-state index in [0.29, 0.717) is 0 Å². The zero-order valence-electron chi connectivity index (χ0n) is 11.3. The van der Waals surface area contributed by atoms with E-state index in [4.69, 9.17) is 4.74 Å². The predicted molar refractivity (Wildman–Crippen MR) is 69.9 cm³/mol. The second kappa shape index (κ2) is 6.29. The molecular weight excluding hydrogens is 270 g/mol. The van der Waals surface area contributed by atoms with Gasteiger partial charge in [0.05, 0.1) is 12.6 Å². The van der Waals surface area contributed by atoms with Crippen LogP contribution in [0.4, 0.5) is 0 Å². The van der Waals surface area contributed by atoms with Gasteiger partial charge >= 0.3 is 5.97 Å². The van der Waals surface area contributed by atoms with E-state index in [0.717, 1.165) is 4.31 Å². The first kappa shape index (κ1) is 15.8. The summed E-state index contributed by atoms with van der Waals surface area (Å²) in [4.78, 5) is 23.0. The maximum atomic E-state index is 12.3. The molecule has 0 aliphatic carbocycles. The van der Waals surface area contributed by atoms with Crippen LogP contribution in [0.15, 0.2) is 12.2 Å². The SMILES string of the molecule is CC(=O)CN1CC=CCC(C(=O)OC(C)C)S1(=O)=O. The number of nitrogens with zero attached hydrogens (tertiary/aromatic N) is 1. The molecule has 1 unspecified atom stereocenters. The fourth-order valence-corrected chi connectivity index (χ4v) is 3.41. The summed E-state index contributed by atoms with van der Waals surface area (Å²) < 4.78 is 30.6. The Hall–Kier alpha value is -1.21. The van der Waals surface area contributed by atoms with Crippen molar-refractivity contribution >= 4 is 21.8 Å². The fourth-order valence-electron chi connectivity index (χ4n) is 1.75. The second-order valence-corrected chi connectivity index (χ2v) is 6.84. The van der Waals surface area contributed by atoms with Crippen molar-refractivity contribution in [1.29, 1.82) is 0 Å². The van der Waals surface area contributed by atoms with Crippen LogP contribution in [0.2, 0.25) is 0 Å². The lowest BCUT2D eigenvalue weighted by Crippen LogP contribution is -2.44. The molecule has 0 bridgehead atoms. The number of rotatable bonds is 4. The minimum Gasteiger partial charge on any atom is -0.462 e. The van der Waals surface area contributed by atoms with Crippen LogP contribution in [0, 0.1) is 0 Å². The number of sulfonamides is 1. The van der Waals surface area contributed by atoms with Crippen LogP contribution in [-0.4, -0.2) is 48.9 Å². The Morgan fingerprint density at radius 3 is 2.53 bits per heavy atom. The van der Waals surface area contributed by atoms with Gasteiger partial charge < -0.3 is 4.74 Å². The lowest BCUT2D eigenvalue weighted by Gasteiger charge is -2.23. The summed E-state index contributed by atoms with van der Waals surface area (Å²) >= 11 is 0. The van der Waals surface area contributed by atoms with Crippen molar-refractivity contribution in [2.24, 2.45) is 0 Å². The molecule has 108 valence electrons. The third-order valence-corrected chi connectivity index (χ3v) is 4.66. The fraction of sp³-hybridized carbons (Fsp3) is 0.667. The summed E-state index contributed by atoms with van der Waals surface area (Å²) in [5.41, 5.74) is 0. The quantitative estimate of drug-likeness (QED) is 0.555. The number of Topliss-reactive ketones (excluding diaryl/α,β-unsaturated/α-hetero) is 1. The van der Waals surface area contributed by atoms with Crippen LogP contribution < -0.4 is 0 Å². The molecule has 0 aromatic carbocycles. The molecule has 0 fully saturated rings. The van der Waals surface area contributed by atoms with Gasteiger partial charge in [-0.25, -0.2) is 8.42 Å². The number of allylic oxidation sites excluding steroid dienone is 1. The topological polar surface area (TPSA) is 80.8 Å². The Kier molecular flexibility index (Phi) is 5.25. The molecule has 0 spiro atoms. The average Bonchev–Trinajstić information content (AvgIpc) is 2.37. The van der Waals surface area contributed by atoms with Crippen molar-refractivity contribution in [3.8, 4) is 0 Å². The van der Waals surface area contributed by atoms with Gasteiger partial charge in [-0.05, 0) is 27.2 Å². The normalized spacial score (nSPS) is 23.1. The number of esters is 1. The Bertz CT molecular complexity index is 480. The van der Waals surface area contributed by atoms with Crippen LogP contribution >= 0.6 is 0 Å². The van der Waals surface area contributed by atoms with Gasteiger partial charge in [0.2, 0.25) is 10.0 Å². The van der Waals surface area contributed by atoms with E-state index in [9.17, 15) is 18.0 Å². The molecule has 1 aliphatic heterocycles. The molecule has 1 atom stereocenters. The summed E-state index contributed by atoms with van der Waals surface area (Å²) in [7, 11) is -3.87. The van der Waals surface area contributed by atoms with Crippen LogP contribution in [0.1, 0.15) is 27.2 Å².